The first-order valence-electron chi connectivity index (χ1n) is 8.20. The Morgan fingerprint density at radius 1 is 1.12 bits per heavy atom. The molecule has 0 unspecified atom stereocenters. The van der Waals surface area contributed by atoms with E-state index in [0.29, 0.717) is 11.3 Å². The van der Waals surface area contributed by atoms with E-state index >= 15 is 0 Å². The van der Waals surface area contributed by atoms with Crippen molar-refractivity contribution in [1.82, 2.24) is 14.5 Å². The Hall–Kier alpha value is -2.31. The van der Waals surface area contributed by atoms with Crippen molar-refractivity contribution in [3.63, 3.8) is 0 Å². The van der Waals surface area contributed by atoms with Gasteiger partial charge in [-0.15, -0.1) is 11.3 Å². The van der Waals surface area contributed by atoms with E-state index in [2.05, 4.69) is 15.6 Å². The molecular formula is C19H12ClF2N3S. The molecule has 26 heavy (non-hydrogen) atoms. The van der Waals surface area contributed by atoms with Crippen LogP contribution in [0.15, 0.2) is 35.8 Å². The maximum Gasteiger partial charge on any atom is 0.160 e. The zero-order valence-corrected chi connectivity index (χ0v) is 15.0. The summed E-state index contributed by atoms with van der Waals surface area (Å²) in [4.78, 5) is 9.03. The van der Waals surface area contributed by atoms with E-state index in [-0.39, 0.29) is 5.02 Å². The lowest BCUT2D eigenvalue weighted by molar-refractivity contribution is 0.509. The van der Waals surface area contributed by atoms with Gasteiger partial charge in [0.2, 0.25) is 0 Å². The Morgan fingerprint density at radius 3 is 2.85 bits per heavy atom. The second-order valence-corrected chi connectivity index (χ2v) is 7.56. The van der Waals surface area contributed by atoms with Gasteiger partial charge in [-0.25, -0.2) is 18.7 Å². The van der Waals surface area contributed by atoms with Crippen LogP contribution in [-0.4, -0.2) is 14.5 Å². The number of benzene rings is 2. The summed E-state index contributed by atoms with van der Waals surface area (Å²) in [5.41, 5.74) is 5.60. The molecule has 3 nitrogen and oxygen atoms in total. The number of fused-ring (bicyclic) bond motifs is 2. The SMILES string of the molecule is Fc1cc(Cl)c(-c2nc3n(c2-c2ccc4ncsc4c2)CCC3)cc1F. The van der Waals surface area contributed by atoms with Gasteiger partial charge in [-0.2, -0.15) is 0 Å². The molecule has 7 heteroatoms. The van der Waals surface area contributed by atoms with E-state index in [4.69, 9.17) is 16.6 Å². The Labute approximate surface area is 156 Å². The molecule has 4 aromatic rings. The molecule has 3 heterocycles. The van der Waals surface area contributed by atoms with Crippen molar-refractivity contribution < 1.29 is 8.78 Å². The minimum absolute atomic E-state index is 0.154. The number of nitrogens with zero attached hydrogens (tertiary/aromatic N) is 3. The molecular weight excluding hydrogens is 376 g/mol. The van der Waals surface area contributed by atoms with Crippen molar-refractivity contribution in [3.05, 3.63) is 58.3 Å². The molecule has 0 radical (unpaired) electrons. The van der Waals surface area contributed by atoms with Crippen molar-refractivity contribution in [2.24, 2.45) is 0 Å². The highest BCUT2D eigenvalue weighted by molar-refractivity contribution is 7.16. The third-order valence-electron chi connectivity index (χ3n) is 4.70. The van der Waals surface area contributed by atoms with Crippen LogP contribution in [0.25, 0.3) is 32.7 Å². The highest BCUT2D eigenvalue weighted by Crippen LogP contribution is 2.40. The third kappa shape index (κ3) is 2.36. The van der Waals surface area contributed by atoms with Crippen LogP contribution in [0.3, 0.4) is 0 Å². The average Bonchev–Trinajstić information content (AvgIpc) is 3.32. The van der Waals surface area contributed by atoms with Crippen molar-refractivity contribution in [2.45, 2.75) is 19.4 Å². The van der Waals surface area contributed by atoms with Crippen LogP contribution in [0, 0.1) is 11.6 Å². The van der Waals surface area contributed by atoms with Crippen LogP contribution in [0.2, 0.25) is 5.02 Å². The Kier molecular flexibility index (Phi) is 3.58. The van der Waals surface area contributed by atoms with Crippen molar-refractivity contribution >= 4 is 33.2 Å². The van der Waals surface area contributed by atoms with Gasteiger partial charge in [-0.3, -0.25) is 0 Å². The number of imidazole rings is 1. The second-order valence-electron chi connectivity index (χ2n) is 6.26. The summed E-state index contributed by atoms with van der Waals surface area (Å²) in [5, 5.41) is 0.154. The molecule has 2 aromatic heterocycles. The number of rotatable bonds is 2. The highest BCUT2D eigenvalue weighted by Gasteiger charge is 2.25. The quantitative estimate of drug-likeness (QED) is 0.413. The summed E-state index contributed by atoms with van der Waals surface area (Å²) < 4.78 is 30.6. The number of hydrogen-bond acceptors (Lipinski definition) is 3. The maximum absolute atomic E-state index is 13.9. The first-order chi connectivity index (χ1) is 12.6. The predicted octanol–water partition coefficient (Wildman–Crippen LogP) is 5.70. The summed E-state index contributed by atoms with van der Waals surface area (Å²) in [6.45, 7) is 0.847. The molecule has 0 saturated heterocycles. The lowest BCUT2D eigenvalue weighted by Crippen LogP contribution is -1.97. The molecule has 0 saturated carbocycles. The van der Waals surface area contributed by atoms with Gasteiger partial charge in [0.25, 0.3) is 0 Å². The normalized spacial score (nSPS) is 13.5. The van der Waals surface area contributed by atoms with Crippen LogP contribution >= 0.6 is 22.9 Å². The van der Waals surface area contributed by atoms with Gasteiger partial charge < -0.3 is 4.57 Å². The first-order valence-corrected chi connectivity index (χ1v) is 9.45. The van der Waals surface area contributed by atoms with Crippen LogP contribution in [0.1, 0.15) is 12.2 Å². The zero-order chi connectivity index (χ0) is 17.8. The zero-order valence-electron chi connectivity index (χ0n) is 13.5. The Balaban J connectivity index is 1.78. The molecule has 1 aliphatic heterocycles. The number of aryl methyl sites for hydroxylation is 1. The van der Waals surface area contributed by atoms with E-state index < -0.39 is 11.6 Å². The molecule has 0 N–H and O–H groups in total. The molecule has 0 bridgehead atoms. The van der Waals surface area contributed by atoms with E-state index in [1.807, 2.05) is 17.6 Å². The van der Waals surface area contributed by atoms with E-state index in [1.54, 1.807) is 11.3 Å². The standard InChI is InChI=1S/C19H12ClF2N3S/c20-12-8-14(22)13(21)7-11(12)18-19(25-5-1-2-17(25)24-18)10-3-4-15-16(6-10)26-9-23-15/h3-4,6-9H,1-2,5H2. The minimum Gasteiger partial charge on any atom is -0.327 e. The number of aromatic nitrogens is 3. The van der Waals surface area contributed by atoms with Crippen LogP contribution in [0.4, 0.5) is 8.78 Å². The fraction of sp³-hybridized carbons (Fsp3) is 0.158. The van der Waals surface area contributed by atoms with Gasteiger partial charge in [-0.1, -0.05) is 17.7 Å². The fourth-order valence-electron chi connectivity index (χ4n) is 3.51. The average molecular weight is 388 g/mol. The molecule has 5 rings (SSSR count). The van der Waals surface area contributed by atoms with Crippen LogP contribution in [-0.2, 0) is 13.0 Å². The Bertz CT molecular complexity index is 1170. The van der Waals surface area contributed by atoms with Gasteiger partial charge in [0.1, 0.15) is 5.82 Å². The first kappa shape index (κ1) is 15.9. The topological polar surface area (TPSA) is 30.7 Å². The molecule has 1 aliphatic rings. The maximum atomic E-state index is 13.9. The fourth-order valence-corrected chi connectivity index (χ4v) is 4.47. The van der Waals surface area contributed by atoms with Gasteiger partial charge in [0.05, 0.1) is 32.1 Å². The van der Waals surface area contributed by atoms with Crippen LogP contribution < -0.4 is 0 Å². The number of hydrogen-bond donors (Lipinski definition) is 0. The molecule has 0 fully saturated rings. The summed E-state index contributed by atoms with van der Waals surface area (Å²) in [6, 6.07) is 8.15. The van der Waals surface area contributed by atoms with Gasteiger partial charge >= 0.3 is 0 Å². The summed E-state index contributed by atoms with van der Waals surface area (Å²) in [7, 11) is 0. The smallest absolute Gasteiger partial charge is 0.160 e. The minimum atomic E-state index is -0.960. The van der Waals surface area contributed by atoms with Crippen LogP contribution in [0.5, 0.6) is 0 Å². The molecule has 130 valence electrons. The van der Waals surface area contributed by atoms with Gasteiger partial charge in [0.15, 0.2) is 11.6 Å². The predicted molar refractivity (Wildman–Crippen MR) is 99.5 cm³/mol. The highest BCUT2D eigenvalue weighted by atomic mass is 35.5. The van der Waals surface area contributed by atoms with E-state index in [9.17, 15) is 8.78 Å². The largest absolute Gasteiger partial charge is 0.327 e. The summed E-state index contributed by atoms with van der Waals surface area (Å²) in [5.74, 6) is -0.945. The third-order valence-corrected chi connectivity index (χ3v) is 5.80. The summed E-state index contributed by atoms with van der Waals surface area (Å²) >= 11 is 7.80. The summed E-state index contributed by atoms with van der Waals surface area (Å²) in [6.07, 6.45) is 1.88. The van der Waals surface area contributed by atoms with Gasteiger partial charge in [-0.05, 0) is 30.7 Å². The van der Waals surface area contributed by atoms with E-state index in [1.165, 1.54) is 0 Å². The monoisotopic (exact) mass is 387 g/mol. The van der Waals surface area contributed by atoms with Crippen molar-refractivity contribution in [1.29, 1.82) is 0 Å². The van der Waals surface area contributed by atoms with E-state index in [0.717, 1.165) is 58.8 Å². The van der Waals surface area contributed by atoms with Crippen molar-refractivity contribution in [2.75, 3.05) is 0 Å². The molecule has 0 aliphatic carbocycles. The number of thiazole rings is 1. The molecule has 0 amide bonds. The Morgan fingerprint density at radius 2 is 1.96 bits per heavy atom. The number of halogens is 3. The lowest BCUT2D eigenvalue weighted by atomic mass is 10.0. The van der Waals surface area contributed by atoms with Crippen molar-refractivity contribution in [3.8, 4) is 22.5 Å². The second kappa shape index (κ2) is 5.86. The van der Waals surface area contributed by atoms with Gasteiger partial charge in [0, 0.05) is 24.1 Å². The molecule has 2 aromatic carbocycles. The lowest BCUT2D eigenvalue weighted by Gasteiger charge is -2.10. The molecule has 0 atom stereocenters. The molecule has 0 spiro atoms.